The third kappa shape index (κ3) is 2.59. The van der Waals surface area contributed by atoms with Crippen LogP contribution in [0.25, 0.3) is 0 Å². The van der Waals surface area contributed by atoms with Crippen LogP contribution in [0.3, 0.4) is 0 Å². The molecule has 2 aliphatic heterocycles. The molecule has 0 amide bonds. The number of hydrogen-bond acceptors (Lipinski definition) is 4. The summed E-state index contributed by atoms with van der Waals surface area (Å²) >= 11 is 0. The molecule has 0 radical (unpaired) electrons. The highest BCUT2D eigenvalue weighted by molar-refractivity contribution is 5.98. The van der Waals surface area contributed by atoms with E-state index in [0.29, 0.717) is 31.1 Å². The van der Waals surface area contributed by atoms with Crippen molar-refractivity contribution in [3.63, 3.8) is 0 Å². The van der Waals surface area contributed by atoms with Crippen LogP contribution in [0.2, 0.25) is 0 Å². The van der Waals surface area contributed by atoms with Crippen LogP contribution in [0.4, 0.5) is 0 Å². The van der Waals surface area contributed by atoms with Gasteiger partial charge in [0.15, 0.2) is 17.3 Å². The highest BCUT2D eigenvalue weighted by atomic mass is 16.5. The first kappa shape index (κ1) is 12.5. The molecule has 0 N–H and O–H groups in total. The number of benzene rings is 1. The predicted octanol–water partition coefficient (Wildman–Crippen LogP) is 2.46. The highest BCUT2D eigenvalue weighted by Crippen LogP contribution is 2.32. The smallest absolute Gasteiger partial charge is 0.168 e. The molecule has 0 saturated carbocycles. The molecule has 2 heterocycles. The van der Waals surface area contributed by atoms with Crippen molar-refractivity contribution in [1.82, 2.24) is 0 Å². The summed E-state index contributed by atoms with van der Waals surface area (Å²) < 4.78 is 16.6. The second-order valence-corrected chi connectivity index (χ2v) is 5.15. The highest BCUT2D eigenvalue weighted by Gasteiger charge is 2.29. The van der Waals surface area contributed by atoms with Crippen molar-refractivity contribution in [3.05, 3.63) is 23.8 Å². The van der Waals surface area contributed by atoms with Gasteiger partial charge in [-0.05, 0) is 31.5 Å². The number of carbonyl (C=O) groups is 1. The zero-order chi connectivity index (χ0) is 13.2. The number of fused-ring (bicyclic) bond motifs is 1. The van der Waals surface area contributed by atoms with E-state index in [1.54, 1.807) is 6.07 Å². The van der Waals surface area contributed by atoms with Gasteiger partial charge in [0.2, 0.25) is 0 Å². The van der Waals surface area contributed by atoms with E-state index in [0.717, 1.165) is 18.6 Å². The maximum Gasteiger partial charge on any atom is 0.168 e. The molecule has 0 aromatic heterocycles. The number of rotatable bonds is 2. The lowest BCUT2D eigenvalue weighted by Crippen LogP contribution is -2.15. The molecule has 1 aromatic rings. The molecule has 0 spiro atoms. The van der Waals surface area contributed by atoms with E-state index in [4.69, 9.17) is 14.2 Å². The molecule has 2 aliphatic rings. The van der Waals surface area contributed by atoms with Crippen LogP contribution in [-0.2, 0) is 4.74 Å². The lowest BCUT2D eigenvalue weighted by molar-refractivity contribution is 0.0877. The first-order chi connectivity index (χ1) is 9.24. The van der Waals surface area contributed by atoms with Crippen molar-refractivity contribution < 1.29 is 19.0 Å². The van der Waals surface area contributed by atoms with E-state index < -0.39 is 0 Å². The average Bonchev–Trinajstić information content (AvgIpc) is 2.72. The maximum atomic E-state index is 12.4. The van der Waals surface area contributed by atoms with E-state index in [9.17, 15) is 4.79 Å². The van der Waals surface area contributed by atoms with Crippen molar-refractivity contribution in [2.45, 2.75) is 25.9 Å². The van der Waals surface area contributed by atoms with Crippen LogP contribution in [0.1, 0.15) is 30.1 Å². The second kappa shape index (κ2) is 5.21. The molecular weight excluding hydrogens is 244 g/mol. The summed E-state index contributed by atoms with van der Waals surface area (Å²) in [6.45, 7) is 3.82. The summed E-state index contributed by atoms with van der Waals surface area (Å²) in [5, 5.41) is 0. The minimum absolute atomic E-state index is 0.0280. The lowest BCUT2D eigenvalue weighted by atomic mass is 9.95. The van der Waals surface area contributed by atoms with Crippen molar-refractivity contribution in [2.75, 3.05) is 19.8 Å². The molecule has 0 bridgehead atoms. The normalized spacial score (nSPS) is 25.9. The van der Waals surface area contributed by atoms with Gasteiger partial charge in [-0.25, -0.2) is 0 Å². The van der Waals surface area contributed by atoms with Gasteiger partial charge in [0.05, 0.1) is 25.9 Å². The van der Waals surface area contributed by atoms with Gasteiger partial charge in [0, 0.05) is 17.9 Å². The van der Waals surface area contributed by atoms with Crippen LogP contribution in [-0.4, -0.2) is 31.7 Å². The molecule has 102 valence electrons. The number of carbonyl (C=O) groups excluding carboxylic acids is 1. The molecule has 4 nitrogen and oxygen atoms in total. The first-order valence-electron chi connectivity index (χ1n) is 6.79. The molecule has 1 saturated heterocycles. The van der Waals surface area contributed by atoms with E-state index in [2.05, 4.69) is 0 Å². The third-order valence-electron chi connectivity index (χ3n) is 3.60. The van der Waals surface area contributed by atoms with Gasteiger partial charge < -0.3 is 14.2 Å². The Bertz CT molecular complexity index is 483. The Labute approximate surface area is 112 Å². The van der Waals surface area contributed by atoms with Gasteiger partial charge in [-0.15, -0.1) is 0 Å². The van der Waals surface area contributed by atoms with E-state index >= 15 is 0 Å². The molecule has 0 aliphatic carbocycles. The largest absolute Gasteiger partial charge is 0.490 e. The van der Waals surface area contributed by atoms with Crippen molar-refractivity contribution >= 4 is 5.78 Å². The van der Waals surface area contributed by atoms with Crippen LogP contribution in [0, 0.1) is 5.92 Å². The quantitative estimate of drug-likeness (QED) is 0.768. The SMILES string of the molecule is CC1CC(C(=O)c2ccc3c(c2)OCCCO3)CO1. The van der Waals surface area contributed by atoms with E-state index in [1.807, 2.05) is 19.1 Å². The Morgan fingerprint density at radius 3 is 2.74 bits per heavy atom. The van der Waals surface area contributed by atoms with Crippen molar-refractivity contribution in [2.24, 2.45) is 5.92 Å². The summed E-state index contributed by atoms with van der Waals surface area (Å²) in [5.41, 5.74) is 0.687. The number of Topliss-reactive ketones (excluding diaryl/α,β-unsaturated/α-hetero) is 1. The lowest BCUT2D eigenvalue weighted by Gasteiger charge is -2.11. The summed E-state index contributed by atoms with van der Waals surface area (Å²) in [6, 6.07) is 5.44. The number of hydrogen-bond donors (Lipinski definition) is 0. The van der Waals surface area contributed by atoms with Crippen LogP contribution >= 0.6 is 0 Å². The van der Waals surface area contributed by atoms with E-state index in [-0.39, 0.29) is 17.8 Å². The molecule has 3 rings (SSSR count). The minimum Gasteiger partial charge on any atom is -0.490 e. The molecule has 1 aromatic carbocycles. The Kier molecular flexibility index (Phi) is 3.42. The predicted molar refractivity (Wildman–Crippen MR) is 69.9 cm³/mol. The van der Waals surface area contributed by atoms with Gasteiger partial charge in [-0.1, -0.05) is 0 Å². The van der Waals surface area contributed by atoms with Crippen molar-refractivity contribution in [1.29, 1.82) is 0 Å². The molecule has 19 heavy (non-hydrogen) atoms. The summed E-state index contributed by atoms with van der Waals surface area (Å²) in [4.78, 5) is 12.4. The van der Waals surface area contributed by atoms with Gasteiger partial charge in [-0.3, -0.25) is 4.79 Å². The van der Waals surface area contributed by atoms with Crippen LogP contribution in [0.5, 0.6) is 11.5 Å². The summed E-state index contributed by atoms with van der Waals surface area (Å²) in [7, 11) is 0. The van der Waals surface area contributed by atoms with Gasteiger partial charge in [0.1, 0.15) is 0 Å². The molecular formula is C15H18O4. The Hall–Kier alpha value is -1.55. The number of ketones is 1. The third-order valence-corrected chi connectivity index (χ3v) is 3.60. The number of ether oxygens (including phenoxy) is 3. The monoisotopic (exact) mass is 262 g/mol. The standard InChI is InChI=1S/C15H18O4/c1-10-7-12(9-19-10)15(16)11-3-4-13-14(8-11)18-6-2-5-17-13/h3-4,8,10,12H,2,5-7,9H2,1H3. The van der Waals surface area contributed by atoms with E-state index in [1.165, 1.54) is 0 Å². The Morgan fingerprint density at radius 1 is 1.21 bits per heavy atom. The Balaban J connectivity index is 1.81. The topological polar surface area (TPSA) is 44.8 Å². The zero-order valence-electron chi connectivity index (χ0n) is 11.1. The molecule has 1 fully saturated rings. The first-order valence-corrected chi connectivity index (χ1v) is 6.79. The van der Waals surface area contributed by atoms with Crippen molar-refractivity contribution in [3.8, 4) is 11.5 Å². The molecule has 4 heteroatoms. The Morgan fingerprint density at radius 2 is 2.00 bits per heavy atom. The maximum absolute atomic E-state index is 12.4. The van der Waals surface area contributed by atoms with Crippen LogP contribution < -0.4 is 9.47 Å². The van der Waals surface area contributed by atoms with Gasteiger partial charge >= 0.3 is 0 Å². The minimum atomic E-state index is -0.0280. The zero-order valence-corrected chi connectivity index (χ0v) is 11.1. The fourth-order valence-corrected chi connectivity index (χ4v) is 2.55. The fourth-order valence-electron chi connectivity index (χ4n) is 2.55. The van der Waals surface area contributed by atoms with Gasteiger partial charge in [-0.2, -0.15) is 0 Å². The fraction of sp³-hybridized carbons (Fsp3) is 0.533. The molecule has 2 unspecified atom stereocenters. The molecule has 2 atom stereocenters. The summed E-state index contributed by atoms with van der Waals surface area (Å²) in [5.74, 6) is 1.51. The summed E-state index contributed by atoms with van der Waals surface area (Å²) in [6.07, 6.45) is 1.84. The average molecular weight is 262 g/mol. The van der Waals surface area contributed by atoms with Gasteiger partial charge in [0.25, 0.3) is 0 Å². The second-order valence-electron chi connectivity index (χ2n) is 5.15. The van der Waals surface area contributed by atoms with Crippen LogP contribution in [0.15, 0.2) is 18.2 Å².